The van der Waals surface area contributed by atoms with E-state index in [0.717, 1.165) is 12.8 Å². The van der Waals surface area contributed by atoms with E-state index in [-0.39, 0.29) is 17.9 Å². The van der Waals surface area contributed by atoms with Gasteiger partial charge in [-0.1, -0.05) is 6.92 Å². The van der Waals surface area contributed by atoms with E-state index in [1.54, 1.807) is 11.8 Å². The highest BCUT2D eigenvalue weighted by molar-refractivity contribution is 5.84. The molecular formula is C16H27N3O2. The molecule has 5 nitrogen and oxygen atoms in total. The minimum Gasteiger partial charge on any atom is -0.352 e. The molecule has 2 bridgehead atoms. The van der Waals surface area contributed by atoms with Crippen molar-refractivity contribution in [2.75, 3.05) is 13.1 Å². The van der Waals surface area contributed by atoms with E-state index in [4.69, 9.17) is 0 Å². The van der Waals surface area contributed by atoms with Crippen molar-refractivity contribution in [3.05, 3.63) is 0 Å². The third-order valence-electron chi connectivity index (χ3n) is 5.87. The second kappa shape index (κ2) is 5.27. The van der Waals surface area contributed by atoms with E-state index in [1.807, 2.05) is 6.92 Å². The van der Waals surface area contributed by atoms with E-state index in [9.17, 15) is 9.59 Å². The number of piperidine rings is 1. The number of carbonyl (C=O) groups is 2. The van der Waals surface area contributed by atoms with Gasteiger partial charge in [0, 0.05) is 38.1 Å². The van der Waals surface area contributed by atoms with E-state index in [2.05, 4.69) is 17.6 Å². The van der Waals surface area contributed by atoms with Gasteiger partial charge < -0.3 is 15.5 Å². The third-order valence-corrected chi connectivity index (χ3v) is 5.87. The normalized spacial score (nSPS) is 42.1. The molecule has 3 aliphatic rings. The molecule has 2 N–H and O–H groups in total. The summed E-state index contributed by atoms with van der Waals surface area (Å²) in [5, 5.41) is 6.93. The number of hydrogen-bond donors (Lipinski definition) is 2. The van der Waals surface area contributed by atoms with Crippen molar-refractivity contribution < 1.29 is 9.59 Å². The maximum Gasteiger partial charge on any atom is 0.228 e. The molecule has 0 aromatic carbocycles. The molecule has 3 fully saturated rings. The van der Waals surface area contributed by atoms with Gasteiger partial charge in [0.15, 0.2) is 0 Å². The van der Waals surface area contributed by atoms with Gasteiger partial charge in [-0.15, -0.1) is 0 Å². The highest BCUT2D eigenvalue weighted by Gasteiger charge is 2.45. The molecule has 3 saturated heterocycles. The Labute approximate surface area is 126 Å². The molecular weight excluding hydrogens is 266 g/mol. The van der Waals surface area contributed by atoms with E-state index in [1.165, 1.54) is 12.8 Å². The van der Waals surface area contributed by atoms with Crippen LogP contribution < -0.4 is 10.6 Å². The number of nitrogens with one attached hydrogen (secondary N) is 2. The SMILES string of the molecule is CC(=O)N1CCC(C)(C(=O)NC2CC3CCC(N3)C2C)C1. The fourth-order valence-corrected chi connectivity index (χ4v) is 4.20. The van der Waals surface area contributed by atoms with Crippen LogP contribution in [0, 0.1) is 11.3 Å². The highest BCUT2D eigenvalue weighted by Crippen LogP contribution is 2.34. The van der Waals surface area contributed by atoms with Gasteiger partial charge in [0.2, 0.25) is 11.8 Å². The average Bonchev–Trinajstić information content (AvgIpc) is 3.01. The van der Waals surface area contributed by atoms with Crippen LogP contribution in [0.25, 0.3) is 0 Å². The van der Waals surface area contributed by atoms with Crippen LogP contribution in [0.3, 0.4) is 0 Å². The topological polar surface area (TPSA) is 61.4 Å². The standard InChI is InChI=1S/C16H27N3O2/c1-10-13-5-4-12(17-13)8-14(10)18-15(21)16(3)6-7-19(9-16)11(2)20/h10,12-14,17H,4-9H2,1-3H3,(H,18,21). The molecule has 0 aromatic heterocycles. The van der Waals surface area contributed by atoms with Crippen LogP contribution in [0.2, 0.25) is 0 Å². The van der Waals surface area contributed by atoms with Crippen molar-refractivity contribution in [2.24, 2.45) is 11.3 Å². The van der Waals surface area contributed by atoms with Crippen molar-refractivity contribution in [2.45, 2.75) is 64.6 Å². The minimum atomic E-state index is -0.421. The van der Waals surface area contributed by atoms with Gasteiger partial charge in [-0.05, 0) is 38.5 Å². The summed E-state index contributed by atoms with van der Waals surface area (Å²) in [6.45, 7) is 7.07. The van der Waals surface area contributed by atoms with Crippen LogP contribution in [0.15, 0.2) is 0 Å². The summed E-state index contributed by atoms with van der Waals surface area (Å²) in [6.07, 6.45) is 4.27. The van der Waals surface area contributed by atoms with E-state index >= 15 is 0 Å². The van der Waals surface area contributed by atoms with Crippen molar-refractivity contribution in [1.29, 1.82) is 0 Å². The van der Waals surface area contributed by atoms with Gasteiger partial charge in [0.1, 0.15) is 0 Å². The maximum absolute atomic E-state index is 12.7. The number of rotatable bonds is 2. The summed E-state index contributed by atoms with van der Waals surface area (Å²) in [5.41, 5.74) is -0.421. The van der Waals surface area contributed by atoms with E-state index in [0.29, 0.717) is 31.1 Å². The zero-order valence-corrected chi connectivity index (χ0v) is 13.3. The Hall–Kier alpha value is -1.10. The summed E-state index contributed by atoms with van der Waals surface area (Å²) >= 11 is 0. The molecule has 2 amide bonds. The largest absolute Gasteiger partial charge is 0.352 e. The number of likely N-dealkylation sites (tertiary alicyclic amines) is 1. The molecule has 3 heterocycles. The summed E-state index contributed by atoms with van der Waals surface area (Å²) < 4.78 is 0. The van der Waals surface area contributed by atoms with Crippen LogP contribution in [0.4, 0.5) is 0 Å². The quantitative estimate of drug-likeness (QED) is 0.795. The number of hydrogen-bond acceptors (Lipinski definition) is 3. The maximum atomic E-state index is 12.7. The van der Waals surface area contributed by atoms with Gasteiger partial charge in [-0.25, -0.2) is 0 Å². The predicted octanol–water partition coefficient (Wildman–Crippen LogP) is 0.890. The molecule has 118 valence electrons. The Morgan fingerprint density at radius 2 is 2.10 bits per heavy atom. The molecule has 5 atom stereocenters. The first-order valence-corrected chi connectivity index (χ1v) is 8.21. The lowest BCUT2D eigenvalue weighted by Crippen LogP contribution is -2.56. The molecule has 3 rings (SSSR count). The first-order chi connectivity index (χ1) is 9.89. The van der Waals surface area contributed by atoms with Crippen molar-refractivity contribution in [1.82, 2.24) is 15.5 Å². The first kappa shape index (κ1) is 14.8. The highest BCUT2D eigenvalue weighted by atomic mass is 16.2. The Balaban J connectivity index is 1.62. The molecule has 0 radical (unpaired) electrons. The van der Waals surface area contributed by atoms with Crippen molar-refractivity contribution in [3.63, 3.8) is 0 Å². The Morgan fingerprint density at radius 1 is 1.33 bits per heavy atom. The van der Waals surface area contributed by atoms with E-state index < -0.39 is 5.41 Å². The Bertz CT molecular complexity index is 453. The number of amides is 2. The number of nitrogens with zero attached hydrogens (tertiary/aromatic N) is 1. The van der Waals surface area contributed by atoms with Crippen molar-refractivity contribution in [3.8, 4) is 0 Å². The third kappa shape index (κ3) is 2.68. The smallest absolute Gasteiger partial charge is 0.228 e. The molecule has 0 saturated carbocycles. The summed E-state index contributed by atoms with van der Waals surface area (Å²) in [7, 11) is 0. The molecule has 3 aliphatic heterocycles. The summed E-state index contributed by atoms with van der Waals surface area (Å²) in [6, 6.07) is 1.40. The van der Waals surface area contributed by atoms with Crippen LogP contribution >= 0.6 is 0 Å². The van der Waals surface area contributed by atoms with Crippen LogP contribution in [-0.2, 0) is 9.59 Å². The minimum absolute atomic E-state index is 0.0693. The monoisotopic (exact) mass is 293 g/mol. The lowest BCUT2D eigenvalue weighted by Gasteiger charge is -2.37. The van der Waals surface area contributed by atoms with Crippen molar-refractivity contribution >= 4 is 11.8 Å². The second-order valence-corrected chi connectivity index (χ2v) is 7.47. The summed E-state index contributed by atoms with van der Waals surface area (Å²) in [5.74, 6) is 0.686. The molecule has 5 unspecified atom stereocenters. The fourth-order valence-electron chi connectivity index (χ4n) is 4.20. The predicted molar refractivity (Wildman–Crippen MR) is 80.6 cm³/mol. The molecule has 0 aliphatic carbocycles. The van der Waals surface area contributed by atoms with Crippen LogP contribution in [-0.4, -0.2) is 47.9 Å². The second-order valence-electron chi connectivity index (χ2n) is 7.47. The summed E-state index contributed by atoms with van der Waals surface area (Å²) in [4.78, 5) is 26.0. The van der Waals surface area contributed by atoms with Gasteiger partial charge in [-0.2, -0.15) is 0 Å². The lowest BCUT2D eigenvalue weighted by molar-refractivity contribution is -0.132. The van der Waals surface area contributed by atoms with Crippen LogP contribution in [0.1, 0.15) is 46.5 Å². The van der Waals surface area contributed by atoms with Crippen LogP contribution in [0.5, 0.6) is 0 Å². The number of fused-ring (bicyclic) bond motifs is 2. The first-order valence-electron chi connectivity index (χ1n) is 8.21. The molecule has 21 heavy (non-hydrogen) atoms. The zero-order valence-electron chi connectivity index (χ0n) is 13.3. The van der Waals surface area contributed by atoms with Gasteiger partial charge in [0.25, 0.3) is 0 Å². The average molecular weight is 293 g/mol. The number of carbonyl (C=O) groups excluding carboxylic acids is 2. The van der Waals surface area contributed by atoms with Gasteiger partial charge in [0.05, 0.1) is 5.41 Å². The van der Waals surface area contributed by atoms with Gasteiger partial charge in [-0.3, -0.25) is 9.59 Å². The Kier molecular flexibility index (Phi) is 3.72. The zero-order chi connectivity index (χ0) is 15.2. The molecule has 0 aromatic rings. The molecule has 0 spiro atoms. The van der Waals surface area contributed by atoms with Gasteiger partial charge >= 0.3 is 0 Å². The fraction of sp³-hybridized carbons (Fsp3) is 0.875. The Morgan fingerprint density at radius 3 is 2.76 bits per heavy atom. The lowest BCUT2D eigenvalue weighted by atomic mass is 9.85. The molecule has 5 heteroatoms.